The lowest BCUT2D eigenvalue weighted by Gasteiger charge is -2.00. The van der Waals surface area contributed by atoms with Gasteiger partial charge in [-0.15, -0.1) is 0 Å². The first-order valence-electron chi connectivity index (χ1n) is 5.39. The van der Waals surface area contributed by atoms with Crippen LogP contribution in [0.3, 0.4) is 0 Å². The molecular formula is C13H12ClNO2. The Kier molecular flexibility index (Phi) is 3.29. The lowest BCUT2D eigenvalue weighted by molar-refractivity contribution is 0.108. The van der Waals surface area contributed by atoms with Crippen molar-refractivity contribution >= 4 is 16.8 Å². The van der Waals surface area contributed by atoms with Crippen LogP contribution in [0.4, 0.5) is 0 Å². The van der Waals surface area contributed by atoms with E-state index in [1.165, 1.54) is 5.56 Å². The fraction of sp³-hybridized carbons (Fsp3) is 0.231. The summed E-state index contributed by atoms with van der Waals surface area (Å²) in [5, 5.41) is 3.34. The Morgan fingerprint density at radius 3 is 2.53 bits per heavy atom. The average molecular weight is 250 g/mol. The fourth-order valence-electron chi connectivity index (χ4n) is 1.70. The summed E-state index contributed by atoms with van der Waals surface area (Å²) in [6.45, 7) is 3.76. The average Bonchev–Trinajstić information content (AvgIpc) is 2.71. The van der Waals surface area contributed by atoms with Gasteiger partial charge in [-0.1, -0.05) is 36.3 Å². The maximum Gasteiger partial charge on any atom is 0.258 e. The molecular weight excluding hydrogens is 238 g/mol. The third kappa shape index (κ3) is 2.24. The van der Waals surface area contributed by atoms with Gasteiger partial charge in [0.05, 0.1) is 0 Å². The van der Waals surface area contributed by atoms with Crippen molar-refractivity contribution in [2.24, 2.45) is 0 Å². The number of carbonyl (C=O) groups is 1. The zero-order chi connectivity index (χ0) is 12.4. The predicted octanol–water partition coefficient (Wildman–Crippen LogP) is 3.59. The summed E-state index contributed by atoms with van der Waals surface area (Å²) < 4.78 is 5.01. The van der Waals surface area contributed by atoms with Gasteiger partial charge in [0, 0.05) is 5.56 Å². The summed E-state index contributed by atoms with van der Waals surface area (Å²) in [6, 6.07) is 7.84. The second-order valence-electron chi connectivity index (χ2n) is 3.79. The maximum atomic E-state index is 11.3. The first-order chi connectivity index (χ1) is 8.13. The van der Waals surface area contributed by atoms with E-state index in [2.05, 4.69) is 12.1 Å². The van der Waals surface area contributed by atoms with Crippen molar-refractivity contribution in [3.05, 3.63) is 41.2 Å². The molecule has 1 aromatic carbocycles. The van der Waals surface area contributed by atoms with E-state index in [4.69, 9.17) is 16.1 Å². The molecule has 1 aromatic heterocycles. The molecule has 0 spiro atoms. The van der Waals surface area contributed by atoms with Gasteiger partial charge < -0.3 is 4.52 Å². The summed E-state index contributed by atoms with van der Waals surface area (Å²) in [7, 11) is 0. The minimum atomic E-state index is -0.543. The van der Waals surface area contributed by atoms with Crippen molar-refractivity contribution < 1.29 is 9.32 Å². The maximum absolute atomic E-state index is 11.3. The number of rotatable bonds is 3. The molecule has 0 aliphatic rings. The van der Waals surface area contributed by atoms with E-state index in [0.717, 1.165) is 12.0 Å². The molecule has 1 heterocycles. The summed E-state index contributed by atoms with van der Waals surface area (Å²) in [6.07, 6.45) is 0.972. The minimum absolute atomic E-state index is 0.343. The molecule has 0 unspecified atom stereocenters. The summed E-state index contributed by atoms with van der Waals surface area (Å²) in [4.78, 5) is 11.3. The SMILES string of the molecule is CCc1ccc(-c2noc(C)c2C(=O)Cl)cc1. The summed E-state index contributed by atoms with van der Waals surface area (Å²) >= 11 is 5.52. The van der Waals surface area contributed by atoms with Gasteiger partial charge in [-0.25, -0.2) is 0 Å². The fourth-order valence-corrected chi connectivity index (χ4v) is 1.92. The van der Waals surface area contributed by atoms with Crippen molar-refractivity contribution in [2.45, 2.75) is 20.3 Å². The minimum Gasteiger partial charge on any atom is -0.360 e. The molecule has 2 rings (SSSR count). The van der Waals surface area contributed by atoms with E-state index < -0.39 is 5.24 Å². The Bertz CT molecular complexity index is 543. The number of hydrogen-bond donors (Lipinski definition) is 0. The molecule has 3 nitrogen and oxygen atoms in total. The van der Waals surface area contributed by atoms with Gasteiger partial charge in [0.15, 0.2) is 0 Å². The van der Waals surface area contributed by atoms with Crippen LogP contribution in [0.2, 0.25) is 0 Å². The Balaban J connectivity index is 2.49. The van der Waals surface area contributed by atoms with E-state index in [-0.39, 0.29) is 0 Å². The molecule has 0 saturated carbocycles. The number of nitrogens with zero attached hydrogens (tertiary/aromatic N) is 1. The molecule has 0 radical (unpaired) electrons. The highest BCUT2D eigenvalue weighted by Crippen LogP contribution is 2.26. The largest absolute Gasteiger partial charge is 0.360 e. The first-order valence-corrected chi connectivity index (χ1v) is 5.76. The lowest BCUT2D eigenvalue weighted by atomic mass is 10.0. The van der Waals surface area contributed by atoms with Crippen LogP contribution in [0.1, 0.15) is 28.6 Å². The lowest BCUT2D eigenvalue weighted by Crippen LogP contribution is -1.93. The third-order valence-corrected chi connectivity index (χ3v) is 2.88. The highest BCUT2D eigenvalue weighted by atomic mass is 35.5. The molecule has 88 valence electrons. The second-order valence-corrected chi connectivity index (χ2v) is 4.13. The molecule has 0 N–H and O–H groups in total. The highest BCUT2D eigenvalue weighted by molar-refractivity contribution is 6.68. The van der Waals surface area contributed by atoms with Gasteiger partial charge in [0.2, 0.25) is 0 Å². The normalized spacial score (nSPS) is 10.5. The summed E-state index contributed by atoms with van der Waals surface area (Å²) in [5.41, 5.74) is 2.91. The molecule has 17 heavy (non-hydrogen) atoms. The number of carbonyl (C=O) groups excluding carboxylic acids is 1. The van der Waals surface area contributed by atoms with Crippen LogP contribution in [0.15, 0.2) is 28.8 Å². The Morgan fingerprint density at radius 2 is 2.00 bits per heavy atom. The van der Waals surface area contributed by atoms with Crippen molar-refractivity contribution in [3.8, 4) is 11.3 Å². The third-order valence-electron chi connectivity index (χ3n) is 2.69. The second kappa shape index (κ2) is 4.72. The van der Waals surface area contributed by atoms with Gasteiger partial charge in [-0.2, -0.15) is 0 Å². The number of aryl methyl sites for hydroxylation is 2. The van der Waals surface area contributed by atoms with E-state index in [9.17, 15) is 4.79 Å². The van der Waals surface area contributed by atoms with Crippen LogP contribution < -0.4 is 0 Å². The summed E-state index contributed by atoms with van der Waals surface area (Å²) in [5.74, 6) is 0.444. The molecule has 0 aliphatic heterocycles. The topological polar surface area (TPSA) is 43.1 Å². The molecule has 0 fully saturated rings. The Morgan fingerprint density at radius 1 is 1.35 bits per heavy atom. The van der Waals surface area contributed by atoms with Crippen LogP contribution >= 0.6 is 11.6 Å². The standard InChI is InChI=1S/C13H12ClNO2/c1-3-9-4-6-10(7-5-9)12-11(13(14)16)8(2)17-15-12/h4-7H,3H2,1-2H3. The zero-order valence-corrected chi connectivity index (χ0v) is 10.4. The van der Waals surface area contributed by atoms with Crippen LogP contribution in [-0.2, 0) is 6.42 Å². The van der Waals surface area contributed by atoms with Crippen molar-refractivity contribution in [1.82, 2.24) is 5.16 Å². The number of hydrogen-bond acceptors (Lipinski definition) is 3. The number of halogens is 1. The monoisotopic (exact) mass is 249 g/mol. The molecule has 0 saturated heterocycles. The van der Waals surface area contributed by atoms with E-state index in [1.807, 2.05) is 24.3 Å². The zero-order valence-electron chi connectivity index (χ0n) is 9.66. The van der Waals surface area contributed by atoms with Crippen LogP contribution in [-0.4, -0.2) is 10.4 Å². The van der Waals surface area contributed by atoms with Gasteiger partial charge >= 0.3 is 0 Å². The van der Waals surface area contributed by atoms with Crippen LogP contribution in [0.5, 0.6) is 0 Å². The molecule has 2 aromatic rings. The van der Waals surface area contributed by atoms with Crippen molar-refractivity contribution in [1.29, 1.82) is 0 Å². The van der Waals surface area contributed by atoms with Crippen LogP contribution in [0, 0.1) is 6.92 Å². The van der Waals surface area contributed by atoms with E-state index in [0.29, 0.717) is 17.0 Å². The van der Waals surface area contributed by atoms with Gasteiger partial charge in [-0.05, 0) is 30.5 Å². The molecule has 0 atom stereocenters. The smallest absolute Gasteiger partial charge is 0.258 e. The molecule has 0 amide bonds. The molecule has 4 heteroatoms. The van der Waals surface area contributed by atoms with Crippen molar-refractivity contribution in [3.63, 3.8) is 0 Å². The first kappa shape index (κ1) is 11.9. The van der Waals surface area contributed by atoms with Crippen molar-refractivity contribution in [2.75, 3.05) is 0 Å². The molecule has 0 aliphatic carbocycles. The highest BCUT2D eigenvalue weighted by Gasteiger charge is 2.19. The van der Waals surface area contributed by atoms with Gasteiger partial charge in [-0.3, -0.25) is 4.79 Å². The Hall–Kier alpha value is -1.61. The quantitative estimate of drug-likeness (QED) is 0.781. The van der Waals surface area contributed by atoms with Gasteiger partial charge in [0.1, 0.15) is 17.0 Å². The van der Waals surface area contributed by atoms with E-state index in [1.54, 1.807) is 6.92 Å². The van der Waals surface area contributed by atoms with Gasteiger partial charge in [0.25, 0.3) is 5.24 Å². The molecule has 0 bridgehead atoms. The number of aromatic nitrogens is 1. The Labute approximate surface area is 104 Å². The van der Waals surface area contributed by atoms with Crippen LogP contribution in [0.25, 0.3) is 11.3 Å². The number of benzene rings is 1. The van der Waals surface area contributed by atoms with E-state index >= 15 is 0 Å². The predicted molar refractivity (Wildman–Crippen MR) is 66.2 cm³/mol.